The molecule has 1 fully saturated rings. The minimum absolute atomic E-state index is 0.248. The monoisotopic (exact) mass is 348 g/mol. The number of aromatic nitrogens is 3. The van der Waals surface area contributed by atoms with Crippen molar-refractivity contribution in [1.29, 1.82) is 0 Å². The van der Waals surface area contributed by atoms with Gasteiger partial charge in [0.15, 0.2) is 0 Å². The predicted octanol–water partition coefficient (Wildman–Crippen LogP) is 1.67. The first kappa shape index (κ1) is 17.1. The van der Waals surface area contributed by atoms with Crippen LogP contribution in [0.3, 0.4) is 0 Å². The zero-order valence-corrected chi connectivity index (χ0v) is 14.9. The summed E-state index contributed by atoms with van der Waals surface area (Å²) in [6, 6.07) is 4.30. The maximum absolute atomic E-state index is 10.4. The number of anilines is 2. The number of thiophene rings is 1. The van der Waals surface area contributed by atoms with E-state index in [-0.39, 0.29) is 5.95 Å². The van der Waals surface area contributed by atoms with Gasteiger partial charge in [0.25, 0.3) is 0 Å². The topological polar surface area (TPSA) is 91.4 Å². The number of hydrogen-bond acceptors (Lipinski definition) is 8. The molecular weight excluding hydrogens is 324 g/mol. The first-order chi connectivity index (χ1) is 11.5. The minimum atomic E-state index is -0.406. The second kappa shape index (κ2) is 7.42. The zero-order chi connectivity index (χ0) is 17.1. The van der Waals surface area contributed by atoms with Crippen molar-refractivity contribution in [3.63, 3.8) is 0 Å². The summed E-state index contributed by atoms with van der Waals surface area (Å²) in [6.07, 6.45) is 2.55. The van der Waals surface area contributed by atoms with Gasteiger partial charge in [0.05, 0.1) is 12.6 Å². The summed E-state index contributed by atoms with van der Waals surface area (Å²) in [5.41, 5.74) is 5.80. The van der Waals surface area contributed by atoms with Crippen LogP contribution < -0.4 is 10.6 Å². The average molecular weight is 348 g/mol. The van der Waals surface area contributed by atoms with Crippen molar-refractivity contribution in [3.8, 4) is 0 Å². The minimum Gasteiger partial charge on any atom is -0.388 e. The molecule has 0 bridgehead atoms. The molecule has 1 aliphatic rings. The Morgan fingerprint density at radius 2 is 2.25 bits per heavy atom. The van der Waals surface area contributed by atoms with Crippen LogP contribution in [0, 0.1) is 0 Å². The van der Waals surface area contributed by atoms with E-state index in [4.69, 9.17) is 5.73 Å². The van der Waals surface area contributed by atoms with Crippen molar-refractivity contribution in [2.75, 3.05) is 31.3 Å². The van der Waals surface area contributed by atoms with Crippen LogP contribution in [0.25, 0.3) is 0 Å². The van der Waals surface area contributed by atoms with Crippen molar-refractivity contribution in [3.05, 3.63) is 28.2 Å². The number of rotatable bonds is 6. The molecule has 0 spiro atoms. The molecule has 2 aromatic rings. The number of hydrogen-bond donors (Lipinski definition) is 2. The summed E-state index contributed by atoms with van der Waals surface area (Å²) in [5, 5.41) is 12.4. The lowest BCUT2D eigenvalue weighted by Gasteiger charge is -2.25. The molecular formula is C16H24N6OS. The smallest absolute Gasteiger partial charge is 0.229 e. The lowest BCUT2D eigenvalue weighted by Crippen LogP contribution is -2.31. The highest BCUT2D eigenvalue weighted by Gasteiger charge is 2.28. The van der Waals surface area contributed by atoms with Gasteiger partial charge in [-0.15, -0.1) is 11.3 Å². The SMILES string of the molecule is CN(C)c1nc(N)nc(CN2CCCC2CC(O)c2cccs2)n1. The van der Waals surface area contributed by atoms with Gasteiger partial charge in [-0.05, 0) is 37.3 Å². The molecule has 130 valence electrons. The van der Waals surface area contributed by atoms with Crippen molar-refractivity contribution in [2.45, 2.75) is 38.0 Å². The normalized spacial score (nSPS) is 19.5. The number of likely N-dealkylation sites (tertiary alicyclic amines) is 1. The van der Waals surface area contributed by atoms with E-state index in [0.29, 0.717) is 24.4 Å². The summed E-state index contributed by atoms with van der Waals surface area (Å²) in [7, 11) is 3.77. The van der Waals surface area contributed by atoms with Crippen LogP contribution in [-0.4, -0.2) is 51.6 Å². The number of aliphatic hydroxyl groups excluding tert-OH is 1. The van der Waals surface area contributed by atoms with Gasteiger partial charge in [-0.1, -0.05) is 6.07 Å². The molecule has 3 rings (SSSR count). The Morgan fingerprint density at radius 3 is 2.96 bits per heavy atom. The standard InChI is InChI=1S/C16H24N6OS/c1-21(2)16-19-14(18-15(17)20-16)10-22-7-3-5-11(22)9-12(23)13-6-4-8-24-13/h4,6,8,11-12,23H,3,5,7,9-10H2,1-2H3,(H2,17,18,19,20). The maximum atomic E-state index is 10.4. The highest BCUT2D eigenvalue weighted by atomic mass is 32.1. The van der Waals surface area contributed by atoms with Gasteiger partial charge >= 0.3 is 0 Å². The third-order valence-corrected chi connectivity index (χ3v) is 5.27. The molecule has 3 heterocycles. The Kier molecular flexibility index (Phi) is 5.27. The Balaban J connectivity index is 1.68. The van der Waals surface area contributed by atoms with Crippen LogP contribution in [0.1, 0.15) is 36.1 Å². The number of nitrogen functional groups attached to an aromatic ring is 1. The van der Waals surface area contributed by atoms with Crippen LogP contribution >= 0.6 is 11.3 Å². The van der Waals surface area contributed by atoms with E-state index < -0.39 is 6.10 Å². The molecule has 1 saturated heterocycles. The van der Waals surface area contributed by atoms with E-state index in [0.717, 1.165) is 30.7 Å². The summed E-state index contributed by atoms with van der Waals surface area (Å²) in [5.74, 6) is 1.51. The predicted molar refractivity (Wildman–Crippen MR) is 95.9 cm³/mol. The molecule has 0 aromatic carbocycles. The molecule has 2 unspecified atom stereocenters. The number of nitrogens with two attached hydrogens (primary N) is 1. The van der Waals surface area contributed by atoms with E-state index in [2.05, 4.69) is 19.9 Å². The van der Waals surface area contributed by atoms with Crippen molar-refractivity contribution in [2.24, 2.45) is 0 Å². The van der Waals surface area contributed by atoms with Gasteiger partial charge < -0.3 is 15.7 Å². The molecule has 24 heavy (non-hydrogen) atoms. The lowest BCUT2D eigenvalue weighted by molar-refractivity contribution is 0.119. The van der Waals surface area contributed by atoms with Crippen LogP contribution in [-0.2, 0) is 6.54 Å². The fourth-order valence-electron chi connectivity index (χ4n) is 3.10. The first-order valence-corrected chi connectivity index (χ1v) is 9.04. The molecule has 0 aliphatic carbocycles. The summed E-state index contributed by atoms with van der Waals surface area (Å²) in [4.78, 5) is 18.1. The van der Waals surface area contributed by atoms with Crippen molar-refractivity contribution >= 4 is 23.2 Å². The third kappa shape index (κ3) is 4.00. The van der Waals surface area contributed by atoms with Gasteiger partial charge in [-0.2, -0.15) is 15.0 Å². The lowest BCUT2D eigenvalue weighted by atomic mass is 10.1. The van der Waals surface area contributed by atoms with Crippen LogP contribution in [0.15, 0.2) is 17.5 Å². The van der Waals surface area contributed by atoms with Gasteiger partial charge in [0, 0.05) is 25.0 Å². The summed E-state index contributed by atoms with van der Waals surface area (Å²) >= 11 is 1.60. The number of aliphatic hydroxyl groups is 1. The van der Waals surface area contributed by atoms with Crippen LogP contribution in [0.4, 0.5) is 11.9 Å². The fourth-order valence-corrected chi connectivity index (χ4v) is 3.83. The Morgan fingerprint density at radius 1 is 1.42 bits per heavy atom. The molecule has 7 nitrogen and oxygen atoms in total. The van der Waals surface area contributed by atoms with Crippen LogP contribution in [0.2, 0.25) is 0 Å². The fraction of sp³-hybridized carbons (Fsp3) is 0.562. The van der Waals surface area contributed by atoms with Gasteiger partial charge in [-0.3, -0.25) is 4.90 Å². The number of nitrogens with zero attached hydrogens (tertiary/aromatic N) is 5. The average Bonchev–Trinajstić information content (AvgIpc) is 3.19. The van der Waals surface area contributed by atoms with E-state index in [9.17, 15) is 5.11 Å². The molecule has 0 amide bonds. The van der Waals surface area contributed by atoms with E-state index in [1.165, 1.54) is 0 Å². The van der Waals surface area contributed by atoms with Crippen molar-refractivity contribution in [1.82, 2.24) is 19.9 Å². The Hall–Kier alpha value is -1.77. The van der Waals surface area contributed by atoms with E-state index >= 15 is 0 Å². The Bertz CT molecular complexity index is 663. The summed E-state index contributed by atoms with van der Waals surface area (Å²) in [6.45, 7) is 1.63. The van der Waals surface area contributed by atoms with E-state index in [1.807, 2.05) is 36.5 Å². The Labute approximate surface area is 146 Å². The third-order valence-electron chi connectivity index (χ3n) is 4.30. The highest BCUT2D eigenvalue weighted by molar-refractivity contribution is 7.10. The second-order valence-corrected chi connectivity index (χ2v) is 7.32. The molecule has 0 radical (unpaired) electrons. The van der Waals surface area contributed by atoms with Gasteiger partial charge in [0.2, 0.25) is 11.9 Å². The van der Waals surface area contributed by atoms with Gasteiger partial charge in [0.1, 0.15) is 5.82 Å². The zero-order valence-electron chi connectivity index (χ0n) is 14.1. The molecule has 8 heteroatoms. The highest BCUT2D eigenvalue weighted by Crippen LogP contribution is 2.30. The van der Waals surface area contributed by atoms with Crippen LogP contribution in [0.5, 0.6) is 0 Å². The molecule has 0 saturated carbocycles. The van der Waals surface area contributed by atoms with E-state index in [1.54, 1.807) is 11.3 Å². The second-order valence-electron chi connectivity index (χ2n) is 6.34. The quantitative estimate of drug-likeness (QED) is 0.820. The molecule has 1 aliphatic heterocycles. The summed E-state index contributed by atoms with van der Waals surface area (Å²) < 4.78 is 0. The van der Waals surface area contributed by atoms with Gasteiger partial charge in [-0.25, -0.2) is 0 Å². The largest absolute Gasteiger partial charge is 0.388 e. The maximum Gasteiger partial charge on any atom is 0.229 e. The van der Waals surface area contributed by atoms with Crippen molar-refractivity contribution < 1.29 is 5.11 Å². The molecule has 3 N–H and O–H groups in total. The molecule has 2 aromatic heterocycles. The first-order valence-electron chi connectivity index (χ1n) is 8.16. The molecule has 2 atom stereocenters.